The van der Waals surface area contributed by atoms with E-state index in [1.54, 1.807) is 0 Å². The van der Waals surface area contributed by atoms with Crippen molar-refractivity contribution in [1.82, 2.24) is 4.98 Å². The SMILES string of the molecule is O=Cc1cc(B(O)O)c[nH]c1=O. The van der Waals surface area contributed by atoms with Crippen molar-refractivity contribution in [2.24, 2.45) is 0 Å². The van der Waals surface area contributed by atoms with Gasteiger partial charge in [-0.2, -0.15) is 0 Å². The predicted molar refractivity (Wildman–Crippen MR) is 42.3 cm³/mol. The van der Waals surface area contributed by atoms with Crippen molar-refractivity contribution in [2.45, 2.75) is 0 Å². The van der Waals surface area contributed by atoms with E-state index in [4.69, 9.17) is 10.0 Å². The molecule has 0 radical (unpaired) electrons. The van der Waals surface area contributed by atoms with Crippen molar-refractivity contribution >= 4 is 18.9 Å². The molecular formula is C6H6BNO4. The molecule has 0 saturated heterocycles. The number of carbonyl (C=O) groups excluding carboxylic acids is 1. The maximum atomic E-state index is 10.8. The first-order valence-corrected chi connectivity index (χ1v) is 3.19. The average molecular weight is 167 g/mol. The van der Waals surface area contributed by atoms with E-state index in [-0.39, 0.29) is 11.0 Å². The molecule has 0 unspecified atom stereocenters. The van der Waals surface area contributed by atoms with Crippen molar-refractivity contribution in [3.8, 4) is 0 Å². The van der Waals surface area contributed by atoms with Gasteiger partial charge in [0.05, 0.1) is 5.56 Å². The second-order valence-corrected chi connectivity index (χ2v) is 2.21. The molecule has 0 amide bonds. The molecule has 6 heteroatoms. The third-order valence-electron chi connectivity index (χ3n) is 1.38. The average Bonchev–Trinajstić information content (AvgIpc) is 2.05. The fraction of sp³-hybridized carbons (Fsp3) is 0. The van der Waals surface area contributed by atoms with E-state index in [2.05, 4.69) is 4.98 Å². The Morgan fingerprint density at radius 2 is 2.17 bits per heavy atom. The van der Waals surface area contributed by atoms with Crippen LogP contribution in [0.3, 0.4) is 0 Å². The smallest absolute Gasteiger partial charge is 0.423 e. The lowest BCUT2D eigenvalue weighted by molar-refractivity contribution is 0.112. The zero-order chi connectivity index (χ0) is 9.14. The summed E-state index contributed by atoms with van der Waals surface area (Å²) < 4.78 is 0. The van der Waals surface area contributed by atoms with Crippen LogP contribution in [-0.2, 0) is 0 Å². The molecule has 1 aromatic heterocycles. The molecule has 0 atom stereocenters. The Kier molecular flexibility index (Phi) is 2.42. The first kappa shape index (κ1) is 8.70. The fourth-order valence-electron chi connectivity index (χ4n) is 0.756. The Morgan fingerprint density at radius 3 is 2.67 bits per heavy atom. The van der Waals surface area contributed by atoms with Crippen LogP contribution in [0.4, 0.5) is 0 Å². The van der Waals surface area contributed by atoms with Crippen LogP contribution in [0.1, 0.15) is 10.4 Å². The number of hydrogen-bond donors (Lipinski definition) is 3. The monoisotopic (exact) mass is 167 g/mol. The molecule has 0 saturated carbocycles. The molecule has 1 heterocycles. The molecule has 5 nitrogen and oxygen atoms in total. The van der Waals surface area contributed by atoms with Gasteiger partial charge in [0.15, 0.2) is 6.29 Å². The van der Waals surface area contributed by atoms with Gasteiger partial charge in [0.2, 0.25) is 0 Å². The molecule has 12 heavy (non-hydrogen) atoms. The van der Waals surface area contributed by atoms with Crippen molar-refractivity contribution in [1.29, 1.82) is 0 Å². The summed E-state index contributed by atoms with van der Waals surface area (Å²) in [6, 6.07) is 1.12. The minimum atomic E-state index is -1.68. The van der Waals surface area contributed by atoms with E-state index < -0.39 is 12.7 Å². The highest BCUT2D eigenvalue weighted by molar-refractivity contribution is 6.58. The van der Waals surface area contributed by atoms with Gasteiger partial charge in [-0.25, -0.2) is 0 Å². The molecule has 1 rings (SSSR count). The Bertz CT molecular complexity index is 346. The number of nitrogens with one attached hydrogen (secondary N) is 1. The predicted octanol–water partition coefficient (Wildman–Crippen LogP) is -2.13. The normalized spacial score (nSPS) is 9.50. The van der Waals surface area contributed by atoms with Crippen molar-refractivity contribution < 1.29 is 14.8 Å². The maximum Gasteiger partial charge on any atom is 0.489 e. The number of aromatic amines is 1. The minimum absolute atomic E-state index is 0.0803. The van der Waals surface area contributed by atoms with Gasteiger partial charge < -0.3 is 15.0 Å². The molecule has 1 aromatic rings. The lowest BCUT2D eigenvalue weighted by Gasteiger charge is -1.97. The van der Waals surface area contributed by atoms with Crippen molar-refractivity contribution in [3.63, 3.8) is 0 Å². The second kappa shape index (κ2) is 3.33. The van der Waals surface area contributed by atoms with Crippen LogP contribution in [0, 0.1) is 0 Å². The summed E-state index contributed by atoms with van der Waals surface area (Å²) in [6.07, 6.45) is 1.49. The quantitative estimate of drug-likeness (QED) is 0.346. The number of aromatic nitrogens is 1. The first-order valence-electron chi connectivity index (χ1n) is 3.19. The van der Waals surface area contributed by atoms with E-state index in [1.807, 2.05) is 0 Å². The molecule has 0 aliphatic carbocycles. The van der Waals surface area contributed by atoms with Gasteiger partial charge >= 0.3 is 7.12 Å². The summed E-state index contributed by atoms with van der Waals surface area (Å²) in [5.41, 5.74) is -0.591. The summed E-state index contributed by atoms with van der Waals surface area (Å²) in [4.78, 5) is 23.2. The van der Waals surface area contributed by atoms with Crippen LogP contribution in [0.2, 0.25) is 0 Å². The Hall–Kier alpha value is -1.40. The highest BCUT2D eigenvalue weighted by atomic mass is 16.4. The zero-order valence-corrected chi connectivity index (χ0v) is 6.02. The summed E-state index contributed by atoms with van der Waals surface area (Å²) in [5.74, 6) is 0. The second-order valence-electron chi connectivity index (χ2n) is 2.21. The summed E-state index contributed by atoms with van der Waals surface area (Å²) in [7, 11) is -1.68. The number of aldehydes is 1. The third kappa shape index (κ3) is 1.61. The highest BCUT2D eigenvalue weighted by Crippen LogP contribution is 1.82. The highest BCUT2D eigenvalue weighted by Gasteiger charge is 2.12. The molecular weight excluding hydrogens is 161 g/mol. The van der Waals surface area contributed by atoms with E-state index in [0.29, 0.717) is 6.29 Å². The zero-order valence-electron chi connectivity index (χ0n) is 6.02. The maximum absolute atomic E-state index is 10.8. The summed E-state index contributed by atoms with van der Waals surface area (Å²) in [5, 5.41) is 17.3. The van der Waals surface area contributed by atoms with E-state index >= 15 is 0 Å². The molecule has 0 bridgehead atoms. The number of carbonyl (C=O) groups is 1. The molecule has 62 valence electrons. The minimum Gasteiger partial charge on any atom is -0.423 e. The Balaban J connectivity index is 3.23. The lowest BCUT2D eigenvalue weighted by atomic mass is 9.81. The van der Waals surface area contributed by atoms with Gasteiger partial charge in [-0.05, 0) is 11.5 Å². The van der Waals surface area contributed by atoms with E-state index in [1.165, 1.54) is 0 Å². The molecule has 3 N–H and O–H groups in total. The van der Waals surface area contributed by atoms with Gasteiger partial charge in [0, 0.05) is 6.20 Å². The summed E-state index contributed by atoms with van der Waals surface area (Å²) >= 11 is 0. The number of pyridine rings is 1. The molecule has 0 fully saturated rings. The van der Waals surface area contributed by atoms with Gasteiger partial charge in [0.25, 0.3) is 5.56 Å². The topological polar surface area (TPSA) is 90.4 Å². The molecule has 0 aliphatic rings. The van der Waals surface area contributed by atoms with Crippen LogP contribution in [0.15, 0.2) is 17.1 Å². The third-order valence-corrected chi connectivity index (χ3v) is 1.38. The van der Waals surface area contributed by atoms with Gasteiger partial charge in [-0.15, -0.1) is 0 Å². The Morgan fingerprint density at radius 1 is 1.50 bits per heavy atom. The summed E-state index contributed by atoms with van der Waals surface area (Å²) in [6.45, 7) is 0. The van der Waals surface area contributed by atoms with E-state index in [0.717, 1.165) is 12.3 Å². The van der Waals surface area contributed by atoms with Crippen LogP contribution >= 0.6 is 0 Å². The lowest BCUT2D eigenvalue weighted by Crippen LogP contribution is -2.33. The largest absolute Gasteiger partial charge is 0.489 e. The van der Waals surface area contributed by atoms with Gasteiger partial charge in [-0.3, -0.25) is 9.59 Å². The number of rotatable bonds is 2. The van der Waals surface area contributed by atoms with Gasteiger partial charge in [0.1, 0.15) is 0 Å². The van der Waals surface area contributed by atoms with Crippen LogP contribution in [0.25, 0.3) is 0 Å². The molecule has 0 spiro atoms. The fourth-order valence-corrected chi connectivity index (χ4v) is 0.756. The van der Waals surface area contributed by atoms with Crippen LogP contribution in [0.5, 0.6) is 0 Å². The number of hydrogen-bond acceptors (Lipinski definition) is 4. The number of H-pyrrole nitrogens is 1. The van der Waals surface area contributed by atoms with Crippen molar-refractivity contribution in [2.75, 3.05) is 0 Å². The van der Waals surface area contributed by atoms with Crippen LogP contribution in [-0.4, -0.2) is 28.4 Å². The standard InChI is InChI=1S/C6H6BNO4/c9-3-4-1-5(7(11)12)2-8-6(4)10/h1-3,11-12H,(H,8,10). The van der Waals surface area contributed by atoms with Crippen molar-refractivity contribution in [3.05, 3.63) is 28.2 Å². The van der Waals surface area contributed by atoms with Gasteiger partial charge in [-0.1, -0.05) is 0 Å². The van der Waals surface area contributed by atoms with Crippen LogP contribution < -0.4 is 11.0 Å². The van der Waals surface area contributed by atoms with E-state index in [9.17, 15) is 9.59 Å². The Labute approximate surface area is 67.8 Å². The molecule has 0 aromatic carbocycles. The molecule has 0 aliphatic heterocycles. The first-order chi connectivity index (χ1) is 5.65.